The van der Waals surface area contributed by atoms with Gasteiger partial charge < -0.3 is 15.2 Å². The lowest BCUT2D eigenvalue weighted by molar-refractivity contribution is 0.208. The van der Waals surface area contributed by atoms with Crippen molar-refractivity contribution in [2.24, 2.45) is 0 Å². The highest BCUT2D eigenvalue weighted by Crippen LogP contribution is 2.33. The molecule has 0 bridgehead atoms. The molecule has 0 amide bonds. The van der Waals surface area contributed by atoms with E-state index in [1.165, 1.54) is 0 Å². The van der Waals surface area contributed by atoms with Crippen LogP contribution in [0.3, 0.4) is 0 Å². The summed E-state index contributed by atoms with van der Waals surface area (Å²) >= 11 is 0. The number of methoxy groups -OCH3 is 1. The van der Waals surface area contributed by atoms with Gasteiger partial charge in [-0.05, 0) is 56.7 Å². The molecule has 9 heteroatoms. The Labute approximate surface area is 205 Å². The normalized spacial score (nSPS) is 12.0. The Balaban J connectivity index is 1.77. The standard InChI is InChI=1S/C26H28N4O4S/c1-17-9-10-18(15-23(17)35(32,33)30-26(2,3)16-31)24-21-7-5-6-8-22(21)25(29-28-24)27-19-11-13-20(34-4)14-12-19/h5-15,30-31H,16H2,1-4H3,(H,27,29). The average Bonchev–Trinajstić information content (AvgIpc) is 2.84. The number of aromatic nitrogens is 2. The number of sulfonamides is 1. The van der Waals surface area contributed by atoms with Gasteiger partial charge in [-0.25, -0.2) is 13.1 Å². The van der Waals surface area contributed by atoms with E-state index in [0.29, 0.717) is 22.6 Å². The summed E-state index contributed by atoms with van der Waals surface area (Å²) in [5, 5.41) is 23.4. The van der Waals surface area contributed by atoms with Crippen LogP contribution < -0.4 is 14.8 Å². The minimum atomic E-state index is -3.88. The van der Waals surface area contributed by atoms with E-state index in [9.17, 15) is 13.5 Å². The Hall–Kier alpha value is -3.53. The first-order valence-corrected chi connectivity index (χ1v) is 12.5. The number of nitrogens with zero attached hydrogens (tertiary/aromatic N) is 2. The van der Waals surface area contributed by atoms with Gasteiger partial charge in [-0.15, -0.1) is 10.2 Å². The van der Waals surface area contributed by atoms with E-state index in [0.717, 1.165) is 22.2 Å². The fraction of sp³-hybridized carbons (Fsp3) is 0.231. The van der Waals surface area contributed by atoms with Crippen LogP contribution in [-0.4, -0.2) is 43.0 Å². The van der Waals surface area contributed by atoms with E-state index in [1.54, 1.807) is 40.0 Å². The van der Waals surface area contributed by atoms with Gasteiger partial charge in [0.1, 0.15) is 11.4 Å². The van der Waals surface area contributed by atoms with Crippen LogP contribution in [0.5, 0.6) is 5.75 Å². The predicted octanol–water partition coefficient (Wildman–Crippen LogP) is 4.41. The van der Waals surface area contributed by atoms with Crippen LogP contribution in [0.2, 0.25) is 0 Å². The fourth-order valence-corrected chi connectivity index (χ4v) is 5.38. The maximum atomic E-state index is 13.1. The molecular weight excluding hydrogens is 464 g/mol. The second kappa shape index (κ2) is 9.61. The smallest absolute Gasteiger partial charge is 0.241 e. The van der Waals surface area contributed by atoms with E-state index in [2.05, 4.69) is 20.2 Å². The van der Waals surface area contributed by atoms with Crippen molar-refractivity contribution < 1.29 is 18.3 Å². The number of ether oxygens (including phenoxy) is 1. The monoisotopic (exact) mass is 492 g/mol. The first-order chi connectivity index (χ1) is 16.6. The van der Waals surface area contributed by atoms with Crippen LogP contribution >= 0.6 is 0 Å². The quantitative estimate of drug-likeness (QED) is 0.334. The Bertz CT molecular complexity index is 1470. The highest BCUT2D eigenvalue weighted by molar-refractivity contribution is 7.89. The third kappa shape index (κ3) is 5.27. The molecule has 182 valence electrons. The third-order valence-electron chi connectivity index (χ3n) is 5.60. The second-order valence-electron chi connectivity index (χ2n) is 8.92. The lowest BCUT2D eigenvalue weighted by Crippen LogP contribution is -2.46. The molecular formula is C26H28N4O4S. The summed E-state index contributed by atoms with van der Waals surface area (Å²) in [6.45, 7) is 4.65. The van der Waals surface area contributed by atoms with Gasteiger partial charge in [0.25, 0.3) is 0 Å². The Morgan fingerprint density at radius 1 is 0.971 bits per heavy atom. The van der Waals surface area contributed by atoms with Gasteiger partial charge in [0.05, 0.1) is 24.2 Å². The number of aliphatic hydroxyl groups excluding tert-OH is 1. The third-order valence-corrected chi connectivity index (χ3v) is 7.44. The van der Waals surface area contributed by atoms with Crippen LogP contribution in [0.4, 0.5) is 11.5 Å². The second-order valence-corrected chi connectivity index (χ2v) is 10.6. The van der Waals surface area contributed by atoms with Crippen LogP contribution in [-0.2, 0) is 10.0 Å². The molecule has 0 atom stereocenters. The van der Waals surface area contributed by atoms with E-state index in [-0.39, 0.29) is 11.5 Å². The van der Waals surface area contributed by atoms with Crippen molar-refractivity contribution in [2.75, 3.05) is 19.0 Å². The zero-order valence-electron chi connectivity index (χ0n) is 20.0. The minimum Gasteiger partial charge on any atom is -0.497 e. The van der Waals surface area contributed by atoms with Crippen LogP contribution in [0.25, 0.3) is 22.0 Å². The number of hydrogen-bond acceptors (Lipinski definition) is 7. The van der Waals surface area contributed by atoms with Crippen molar-refractivity contribution in [3.8, 4) is 17.0 Å². The number of anilines is 2. The zero-order chi connectivity index (χ0) is 25.2. The molecule has 8 nitrogen and oxygen atoms in total. The maximum Gasteiger partial charge on any atom is 0.241 e. The molecule has 4 aromatic rings. The van der Waals surface area contributed by atoms with E-state index >= 15 is 0 Å². The van der Waals surface area contributed by atoms with Gasteiger partial charge in [-0.2, -0.15) is 0 Å². The molecule has 0 saturated heterocycles. The molecule has 3 N–H and O–H groups in total. The van der Waals surface area contributed by atoms with Crippen molar-refractivity contribution in [1.82, 2.24) is 14.9 Å². The number of nitrogens with one attached hydrogen (secondary N) is 2. The fourth-order valence-electron chi connectivity index (χ4n) is 3.71. The van der Waals surface area contributed by atoms with E-state index in [4.69, 9.17) is 4.74 Å². The molecule has 0 spiro atoms. The summed E-state index contributed by atoms with van der Waals surface area (Å²) in [6, 6.07) is 20.4. The number of aryl methyl sites for hydroxylation is 1. The number of benzene rings is 3. The van der Waals surface area contributed by atoms with Gasteiger partial charge in [0, 0.05) is 22.0 Å². The van der Waals surface area contributed by atoms with Gasteiger partial charge in [-0.3, -0.25) is 0 Å². The van der Waals surface area contributed by atoms with Crippen LogP contribution in [0.15, 0.2) is 71.6 Å². The summed E-state index contributed by atoms with van der Waals surface area (Å²) in [6.07, 6.45) is 0. The number of rotatable bonds is 8. The minimum absolute atomic E-state index is 0.128. The Morgan fingerprint density at radius 2 is 1.66 bits per heavy atom. The summed E-state index contributed by atoms with van der Waals surface area (Å²) in [7, 11) is -2.26. The Kier molecular flexibility index (Phi) is 6.75. The van der Waals surface area contributed by atoms with Gasteiger partial charge in [0.2, 0.25) is 10.0 Å². The molecule has 0 radical (unpaired) electrons. The van der Waals surface area contributed by atoms with Crippen LogP contribution in [0, 0.1) is 6.92 Å². The highest BCUT2D eigenvalue weighted by atomic mass is 32.2. The number of hydrogen-bond donors (Lipinski definition) is 3. The molecule has 3 aromatic carbocycles. The van der Waals surface area contributed by atoms with E-state index < -0.39 is 15.6 Å². The predicted molar refractivity (Wildman–Crippen MR) is 137 cm³/mol. The van der Waals surface area contributed by atoms with Gasteiger partial charge in [-0.1, -0.05) is 36.4 Å². The van der Waals surface area contributed by atoms with Crippen molar-refractivity contribution >= 4 is 32.3 Å². The van der Waals surface area contributed by atoms with Crippen LogP contribution in [0.1, 0.15) is 19.4 Å². The van der Waals surface area contributed by atoms with Gasteiger partial charge in [0.15, 0.2) is 5.82 Å². The average molecular weight is 493 g/mol. The molecule has 0 saturated carbocycles. The van der Waals surface area contributed by atoms with Crippen molar-refractivity contribution in [2.45, 2.75) is 31.2 Å². The first kappa shape index (κ1) is 24.6. The lowest BCUT2D eigenvalue weighted by Gasteiger charge is -2.24. The molecule has 0 aliphatic heterocycles. The molecule has 1 heterocycles. The lowest BCUT2D eigenvalue weighted by atomic mass is 10.0. The number of fused-ring (bicyclic) bond motifs is 1. The van der Waals surface area contributed by atoms with Crippen molar-refractivity contribution in [1.29, 1.82) is 0 Å². The molecule has 0 unspecified atom stereocenters. The summed E-state index contributed by atoms with van der Waals surface area (Å²) in [5.74, 6) is 1.34. The van der Waals surface area contributed by atoms with Gasteiger partial charge >= 0.3 is 0 Å². The zero-order valence-corrected chi connectivity index (χ0v) is 20.8. The summed E-state index contributed by atoms with van der Waals surface area (Å²) < 4.78 is 34.0. The first-order valence-electron chi connectivity index (χ1n) is 11.1. The highest BCUT2D eigenvalue weighted by Gasteiger charge is 2.27. The topological polar surface area (TPSA) is 113 Å². The van der Waals surface area contributed by atoms with Crippen molar-refractivity contribution in [3.05, 3.63) is 72.3 Å². The number of aliphatic hydroxyl groups is 1. The van der Waals surface area contributed by atoms with E-state index in [1.807, 2.05) is 54.6 Å². The largest absolute Gasteiger partial charge is 0.497 e. The molecule has 4 rings (SSSR count). The summed E-state index contributed by atoms with van der Waals surface area (Å²) in [5.41, 5.74) is 1.61. The molecule has 0 aliphatic rings. The molecule has 0 aliphatic carbocycles. The molecule has 1 aromatic heterocycles. The summed E-state index contributed by atoms with van der Waals surface area (Å²) in [4.78, 5) is 0.128. The molecule has 0 fully saturated rings. The maximum absolute atomic E-state index is 13.1. The van der Waals surface area contributed by atoms with Crippen molar-refractivity contribution in [3.63, 3.8) is 0 Å². The SMILES string of the molecule is COc1ccc(Nc2nnc(-c3ccc(C)c(S(=O)(=O)NC(C)(C)CO)c3)c3ccccc23)cc1. The molecule has 35 heavy (non-hydrogen) atoms. The Morgan fingerprint density at radius 3 is 2.31 bits per heavy atom.